The van der Waals surface area contributed by atoms with Crippen molar-refractivity contribution in [2.24, 2.45) is 0 Å². The lowest BCUT2D eigenvalue weighted by atomic mass is 10.1. The Labute approximate surface area is 122 Å². The van der Waals surface area contributed by atoms with Crippen molar-refractivity contribution in [1.82, 2.24) is 10.6 Å². The van der Waals surface area contributed by atoms with Crippen molar-refractivity contribution in [3.63, 3.8) is 0 Å². The number of nitro groups is 1. The summed E-state index contributed by atoms with van der Waals surface area (Å²) in [6.07, 6.45) is 2.95. The number of nitro benzene ring substituents is 1. The molecule has 7 heteroatoms. The highest BCUT2D eigenvalue weighted by Crippen LogP contribution is 2.24. The second-order valence-electron chi connectivity index (χ2n) is 4.64. The number of hydrogen-bond acceptors (Lipinski definition) is 5. The van der Waals surface area contributed by atoms with Gasteiger partial charge in [-0.3, -0.25) is 14.9 Å². The third-order valence-electron chi connectivity index (χ3n) is 3.27. The lowest BCUT2D eigenvalue weighted by Gasteiger charge is -2.15. The molecule has 0 saturated carbocycles. The van der Waals surface area contributed by atoms with Crippen molar-refractivity contribution >= 4 is 11.6 Å². The highest BCUT2D eigenvalue weighted by atomic mass is 16.6. The van der Waals surface area contributed by atoms with Crippen LogP contribution in [-0.2, 0) is 0 Å². The van der Waals surface area contributed by atoms with Crippen LogP contribution in [0.15, 0.2) is 29.8 Å². The van der Waals surface area contributed by atoms with E-state index in [9.17, 15) is 14.9 Å². The number of methoxy groups -OCH3 is 1. The zero-order chi connectivity index (χ0) is 15.2. The molecule has 1 aliphatic rings. The number of non-ortho nitro benzene ring substituents is 1. The molecule has 21 heavy (non-hydrogen) atoms. The van der Waals surface area contributed by atoms with E-state index in [1.165, 1.54) is 30.9 Å². The monoisotopic (exact) mass is 291 g/mol. The molecule has 0 spiro atoms. The molecule has 1 aliphatic heterocycles. The fourth-order valence-electron chi connectivity index (χ4n) is 2.10. The van der Waals surface area contributed by atoms with Crippen molar-refractivity contribution in [3.05, 3.63) is 45.5 Å². The molecule has 1 amide bonds. The lowest BCUT2D eigenvalue weighted by molar-refractivity contribution is -0.384. The van der Waals surface area contributed by atoms with Crippen LogP contribution in [-0.4, -0.2) is 37.6 Å². The van der Waals surface area contributed by atoms with E-state index in [-0.39, 0.29) is 22.9 Å². The van der Waals surface area contributed by atoms with Gasteiger partial charge in [0.1, 0.15) is 5.75 Å². The van der Waals surface area contributed by atoms with E-state index < -0.39 is 4.92 Å². The number of amides is 1. The second kappa shape index (κ2) is 6.85. The zero-order valence-electron chi connectivity index (χ0n) is 11.7. The van der Waals surface area contributed by atoms with E-state index in [0.29, 0.717) is 6.54 Å². The fraction of sp³-hybridized carbons (Fsp3) is 0.357. The quantitative estimate of drug-likeness (QED) is 0.484. The largest absolute Gasteiger partial charge is 0.496 e. The van der Waals surface area contributed by atoms with Crippen molar-refractivity contribution in [3.8, 4) is 5.75 Å². The molecular formula is C14H17N3O4. The first kappa shape index (κ1) is 15.0. The van der Waals surface area contributed by atoms with Crippen LogP contribution in [0.4, 0.5) is 5.69 Å². The Hall–Kier alpha value is -2.41. The smallest absolute Gasteiger partial charge is 0.273 e. The summed E-state index contributed by atoms with van der Waals surface area (Å²) in [6.45, 7) is 2.19. The molecule has 0 radical (unpaired) electrons. The Balaban J connectivity index is 2.07. The summed E-state index contributed by atoms with van der Waals surface area (Å²) in [5.41, 5.74) is 1.35. The first-order valence-electron chi connectivity index (χ1n) is 6.61. The van der Waals surface area contributed by atoms with E-state index in [0.717, 1.165) is 19.5 Å². The Morgan fingerprint density at radius 3 is 2.95 bits per heavy atom. The molecule has 1 heterocycles. The van der Waals surface area contributed by atoms with Gasteiger partial charge in [-0.1, -0.05) is 11.6 Å². The molecule has 0 saturated heterocycles. The average Bonchev–Trinajstić information content (AvgIpc) is 2.52. The van der Waals surface area contributed by atoms with E-state index in [4.69, 9.17) is 4.74 Å². The number of carbonyl (C=O) groups excluding carboxylic acids is 1. The van der Waals surface area contributed by atoms with E-state index in [1.54, 1.807) is 0 Å². The van der Waals surface area contributed by atoms with Gasteiger partial charge in [0.2, 0.25) is 0 Å². The Morgan fingerprint density at radius 1 is 1.52 bits per heavy atom. The third kappa shape index (κ3) is 3.79. The summed E-state index contributed by atoms with van der Waals surface area (Å²) < 4.78 is 5.06. The van der Waals surface area contributed by atoms with E-state index >= 15 is 0 Å². The molecule has 0 unspecified atom stereocenters. The molecule has 2 rings (SSSR count). The van der Waals surface area contributed by atoms with Crippen molar-refractivity contribution in [2.45, 2.75) is 6.42 Å². The average molecular weight is 291 g/mol. The topological polar surface area (TPSA) is 93.5 Å². The number of benzene rings is 1. The SMILES string of the molecule is COc1cc([N+](=O)[O-])ccc1C(=O)NCC1=CCNCC1. The molecule has 0 atom stereocenters. The molecule has 0 aromatic heterocycles. The standard InChI is InChI=1S/C14H17N3O4/c1-21-13-8-11(17(19)20)2-3-12(13)14(18)16-9-10-4-6-15-7-5-10/h2-4,8,15H,5-7,9H2,1H3,(H,16,18). The van der Waals surface area contributed by atoms with Crippen LogP contribution in [0, 0.1) is 10.1 Å². The normalized spacial score (nSPS) is 14.2. The fourth-order valence-corrected chi connectivity index (χ4v) is 2.10. The number of rotatable bonds is 5. The predicted molar refractivity (Wildman–Crippen MR) is 77.6 cm³/mol. The van der Waals surface area contributed by atoms with E-state index in [2.05, 4.69) is 16.7 Å². The molecule has 1 aromatic rings. The van der Waals surface area contributed by atoms with E-state index in [1.807, 2.05) is 0 Å². The summed E-state index contributed by atoms with van der Waals surface area (Å²) in [5.74, 6) is -0.109. The number of carbonyl (C=O) groups is 1. The van der Waals surface area contributed by atoms with Gasteiger partial charge in [0.05, 0.1) is 23.7 Å². The summed E-state index contributed by atoms with van der Waals surface area (Å²) in [5, 5.41) is 16.7. The molecule has 7 nitrogen and oxygen atoms in total. The number of nitrogens with one attached hydrogen (secondary N) is 2. The third-order valence-corrected chi connectivity index (χ3v) is 3.27. The van der Waals surface area contributed by atoms with Gasteiger partial charge in [-0.15, -0.1) is 0 Å². The summed E-state index contributed by atoms with van der Waals surface area (Å²) >= 11 is 0. The second-order valence-corrected chi connectivity index (χ2v) is 4.64. The molecule has 0 aliphatic carbocycles. The highest BCUT2D eigenvalue weighted by molar-refractivity contribution is 5.97. The van der Waals surface area contributed by atoms with Crippen LogP contribution in [0.2, 0.25) is 0 Å². The van der Waals surface area contributed by atoms with Gasteiger partial charge in [0.15, 0.2) is 0 Å². The highest BCUT2D eigenvalue weighted by Gasteiger charge is 2.17. The predicted octanol–water partition coefficient (Wildman–Crippen LogP) is 1.25. The van der Waals surface area contributed by atoms with Crippen LogP contribution in [0.25, 0.3) is 0 Å². The van der Waals surface area contributed by atoms with Crippen molar-refractivity contribution in [2.75, 3.05) is 26.7 Å². The maximum atomic E-state index is 12.1. The van der Waals surface area contributed by atoms with Gasteiger partial charge in [-0.25, -0.2) is 0 Å². The van der Waals surface area contributed by atoms with Crippen LogP contribution < -0.4 is 15.4 Å². The Morgan fingerprint density at radius 2 is 2.33 bits per heavy atom. The molecule has 2 N–H and O–H groups in total. The minimum absolute atomic E-state index is 0.107. The first-order valence-corrected chi connectivity index (χ1v) is 6.61. The molecular weight excluding hydrogens is 274 g/mol. The zero-order valence-corrected chi connectivity index (χ0v) is 11.7. The van der Waals surface area contributed by atoms with Gasteiger partial charge in [-0.2, -0.15) is 0 Å². The van der Waals surface area contributed by atoms with Crippen LogP contribution >= 0.6 is 0 Å². The molecule has 0 fully saturated rings. The summed E-state index contributed by atoms with van der Waals surface area (Å²) in [4.78, 5) is 22.3. The Kier molecular flexibility index (Phi) is 4.89. The van der Waals surface area contributed by atoms with Crippen molar-refractivity contribution < 1.29 is 14.5 Å². The number of ether oxygens (including phenoxy) is 1. The van der Waals surface area contributed by atoms with Gasteiger partial charge < -0.3 is 15.4 Å². The van der Waals surface area contributed by atoms with Gasteiger partial charge in [-0.05, 0) is 19.0 Å². The minimum atomic E-state index is -0.524. The van der Waals surface area contributed by atoms with Crippen molar-refractivity contribution in [1.29, 1.82) is 0 Å². The summed E-state index contributed by atoms with van der Waals surface area (Å²) in [7, 11) is 1.38. The van der Waals surface area contributed by atoms with Crippen LogP contribution in [0.1, 0.15) is 16.8 Å². The first-order chi connectivity index (χ1) is 10.1. The maximum absolute atomic E-state index is 12.1. The Bertz CT molecular complexity index is 584. The van der Waals surface area contributed by atoms with Gasteiger partial charge >= 0.3 is 0 Å². The minimum Gasteiger partial charge on any atom is -0.496 e. The molecule has 0 bridgehead atoms. The lowest BCUT2D eigenvalue weighted by Crippen LogP contribution is -2.29. The number of nitrogens with zero attached hydrogens (tertiary/aromatic N) is 1. The molecule has 112 valence electrons. The van der Waals surface area contributed by atoms with Crippen LogP contribution in [0.5, 0.6) is 5.75 Å². The molecule has 1 aromatic carbocycles. The summed E-state index contributed by atoms with van der Waals surface area (Å²) in [6, 6.07) is 3.95. The van der Waals surface area contributed by atoms with Gasteiger partial charge in [0.25, 0.3) is 11.6 Å². The number of hydrogen-bond donors (Lipinski definition) is 2. The maximum Gasteiger partial charge on any atom is 0.273 e. The van der Waals surface area contributed by atoms with Crippen LogP contribution in [0.3, 0.4) is 0 Å². The van der Waals surface area contributed by atoms with Gasteiger partial charge in [0, 0.05) is 19.2 Å².